The summed E-state index contributed by atoms with van der Waals surface area (Å²) in [4.78, 5) is 4.49. The van der Waals surface area contributed by atoms with Crippen LogP contribution in [0.3, 0.4) is 0 Å². The molecule has 1 unspecified atom stereocenters. The van der Waals surface area contributed by atoms with Crippen LogP contribution in [0.1, 0.15) is 51.1 Å². The molecule has 0 spiro atoms. The number of nitrogens with two attached hydrogens (primary N) is 1. The molecule has 0 aliphatic heterocycles. The first-order chi connectivity index (χ1) is 17.2. The molecule has 35 heavy (non-hydrogen) atoms. The summed E-state index contributed by atoms with van der Waals surface area (Å²) in [5, 5.41) is 11.0. The molecule has 5 nitrogen and oxygen atoms in total. The van der Waals surface area contributed by atoms with Crippen LogP contribution in [0.15, 0.2) is 66.9 Å². The Hall–Kier alpha value is -3.19. The van der Waals surface area contributed by atoms with E-state index < -0.39 is 0 Å². The van der Waals surface area contributed by atoms with E-state index in [9.17, 15) is 5.26 Å². The molecule has 1 aliphatic rings. The van der Waals surface area contributed by atoms with Gasteiger partial charge in [0, 0.05) is 44.3 Å². The van der Waals surface area contributed by atoms with Gasteiger partial charge in [-0.05, 0) is 68.2 Å². The average molecular weight is 485 g/mol. The van der Waals surface area contributed by atoms with Crippen LogP contribution in [0.4, 0.5) is 5.69 Å². The van der Waals surface area contributed by atoms with Crippen molar-refractivity contribution in [3.8, 4) is 28.6 Å². The van der Waals surface area contributed by atoms with Crippen molar-refractivity contribution < 1.29 is 4.52 Å². The molecule has 4 aromatic rings. The Bertz CT molecular complexity index is 1280. The van der Waals surface area contributed by atoms with Gasteiger partial charge < -0.3 is 14.8 Å². The highest BCUT2D eigenvalue weighted by atomic mass is 31.1. The SMILES string of the molecule is CCCPOCC.N#Cc1c(-c2ccc(N)cc2)n(C2CCC2)c2cc(-c3ccccn3)ccc12. The Morgan fingerprint density at radius 1 is 1.09 bits per heavy atom. The van der Waals surface area contributed by atoms with Gasteiger partial charge >= 0.3 is 0 Å². The highest BCUT2D eigenvalue weighted by Gasteiger charge is 2.27. The lowest BCUT2D eigenvalue weighted by Gasteiger charge is -2.30. The van der Waals surface area contributed by atoms with Crippen molar-refractivity contribution in [2.45, 2.75) is 45.6 Å². The smallest absolute Gasteiger partial charge is 0.102 e. The number of hydrogen-bond acceptors (Lipinski definition) is 4. The molecule has 180 valence electrons. The molecule has 1 fully saturated rings. The summed E-state index contributed by atoms with van der Waals surface area (Å²) in [6.45, 7) is 5.08. The van der Waals surface area contributed by atoms with Gasteiger partial charge in [-0.2, -0.15) is 5.26 Å². The molecule has 0 radical (unpaired) electrons. The van der Waals surface area contributed by atoms with Crippen LogP contribution < -0.4 is 5.73 Å². The third-order valence-electron chi connectivity index (χ3n) is 6.30. The van der Waals surface area contributed by atoms with Gasteiger partial charge in [0.05, 0.1) is 22.5 Å². The first-order valence-corrected chi connectivity index (χ1v) is 13.5. The van der Waals surface area contributed by atoms with Gasteiger partial charge in [-0.1, -0.05) is 43.7 Å². The average Bonchev–Trinajstić information content (AvgIpc) is 3.18. The lowest BCUT2D eigenvalue weighted by Crippen LogP contribution is -2.17. The number of nitriles is 1. The fraction of sp³-hybridized carbons (Fsp3) is 0.310. The van der Waals surface area contributed by atoms with E-state index in [0.29, 0.717) is 6.04 Å². The van der Waals surface area contributed by atoms with Crippen LogP contribution in [0, 0.1) is 11.3 Å². The van der Waals surface area contributed by atoms with Gasteiger partial charge in [0.15, 0.2) is 0 Å². The monoisotopic (exact) mass is 484 g/mol. The molecule has 2 N–H and O–H groups in total. The number of rotatable bonds is 7. The predicted octanol–water partition coefficient (Wildman–Crippen LogP) is 7.58. The highest BCUT2D eigenvalue weighted by molar-refractivity contribution is 7.32. The van der Waals surface area contributed by atoms with Crippen molar-refractivity contribution in [3.63, 3.8) is 0 Å². The summed E-state index contributed by atoms with van der Waals surface area (Å²) >= 11 is 0. The maximum Gasteiger partial charge on any atom is 0.102 e. The van der Waals surface area contributed by atoms with Gasteiger partial charge in [-0.3, -0.25) is 4.98 Å². The van der Waals surface area contributed by atoms with E-state index in [4.69, 9.17) is 10.3 Å². The predicted molar refractivity (Wildman–Crippen MR) is 148 cm³/mol. The zero-order valence-electron chi connectivity index (χ0n) is 20.5. The van der Waals surface area contributed by atoms with Crippen molar-refractivity contribution in [2.75, 3.05) is 18.5 Å². The first-order valence-electron chi connectivity index (χ1n) is 12.4. The van der Waals surface area contributed by atoms with Crippen LogP contribution in [-0.4, -0.2) is 22.3 Å². The van der Waals surface area contributed by atoms with E-state index in [-0.39, 0.29) is 0 Å². The summed E-state index contributed by atoms with van der Waals surface area (Å²) in [7, 11) is 0.732. The molecular formula is C29H33N4OP. The number of aromatic nitrogens is 2. The van der Waals surface area contributed by atoms with E-state index in [1.165, 1.54) is 19.0 Å². The normalized spacial score (nSPS) is 13.4. The van der Waals surface area contributed by atoms with Crippen LogP contribution >= 0.6 is 8.81 Å². The van der Waals surface area contributed by atoms with E-state index in [1.807, 2.05) is 55.6 Å². The Labute approximate surface area is 209 Å². The Kier molecular flexibility index (Phi) is 8.53. The number of hydrogen-bond donors (Lipinski definition) is 1. The summed E-state index contributed by atoms with van der Waals surface area (Å²) in [5.74, 6) is 0. The van der Waals surface area contributed by atoms with Gasteiger partial charge in [-0.15, -0.1) is 0 Å². The number of pyridine rings is 1. The fourth-order valence-corrected chi connectivity index (χ4v) is 4.89. The van der Waals surface area contributed by atoms with Gasteiger partial charge in [0.1, 0.15) is 6.07 Å². The molecule has 0 amide bonds. The number of anilines is 1. The second kappa shape index (κ2) is 12.0. The lowest BCUT2D eigenvalue weighted by molar-refractivity contribution is 0.324. The van der Waals surface area contributed by atoms with Crippen LogP contribution in [0.5, 0.6) is 0 Å². The first kappa shape index (κ1) is 24.9. The standard InChI is InChI=1S/C24H20N4.C5H13OP/c25-15-21-20-12-9-17(22-6-1-2-13-27-22)14-23(20)28(19-4-3-5-19)24(21)16-7-10-18(26)11-8-16;1-3-5-7-6-4-2/h1-2,6-14,19H,3-5,26H2;7H,3-5H2,1-2H3. The maximum absolute atomic E-state index is 10.0. The maximum atomic E-state index is 10.0. The molecule has 0 saturated heterocycles. The van der Waals surface area contributed by atoms with E-state index in [1.54, 1.807) is 0 Å². The van der Waals surface area contributed by atoms with Gasteiger partial charge in [0.25, 0.3) is 0 Å². The number of benzene rings is 2. The van der Waals surface area contributed by atoms with E-state index >= 15 is 0 Å². The van der Waals surface area contributed by atoms with Crippen molar-refractivity contribution in [3.05, 3.63) is 72.4 Å². The second-order valence-corrected chi connectivity index (χ2v) is 9.76. The van der Waals surface area contributed by atoms with Crippen molar-refractivity contribution in [1.29, 1.82) is 5.26 Å². The fourth-order valence-electron chi connectivity index (χ4n) is 4.34. The van der Waals surface area contributed by atoms with E-state index in [0.717, 1.165) is 72.9 Å². The third kappa shape index (κ3) is 5.56. The molecule has 1 atom stereocenters. The molecule has 0 bridgehead atoms. The second-order valence-electron chi connectivity index (χ2n) is 8.69. The largest absolute Gasteiger partial charge is 0.399 e. The third-order valence-corrected chi connectivity index (χ3v) is 7.50. The molecule has 5 rings (SSSR count). The summed E-state index contributed by atoms with van der Waals surface area (Å²) in [6.07, 6.45) is 7.81. The van der Waals surface area contributed by atoms with Crippen LogP contribution in [0.2, 0.25) is 0 Å². The molecule has 2 heterocycles. The van der Waals surface area contributed by atoms with Crippen LogP contribution in [0.25, 0.3) is 33.4 Å². The molecule has 1 saturated carbocycles. The molecule has 1 aliphatic carbocycles. The quantitative estimate of drug-likeness (QED) is 0.167. The molecular weight excluding hydrogens is 451 g/mol. The highest BCUT2D eigenvalue weighted by Crippen LogP contribution is 2.43. The minimum atomic E-state index is 0.427. The summed E-state index contributed by atoms with van der Waals surface area (Å²) < 4.78 is 7.47. The lowest BCUT2D eigenvalue weighted by atomic mass is 9.92. The van der Waals surface area contributed by atoms with Gasteiger partial charge in [-0.25, -0.2) is 0 Å². The van der Waals surface area contributed by atoms with Crippen LogP contribution in [-0.2, 0) is 4.52 Å². The minimum absolute atomic E-state index is 0.427. The Balaban J connectivity index is 0.000000364. The number of nitrogens with zero attached hydrogens (tertiary/aromatic N) is 3. The minimum Gasteiger partial charge on any atom is -0.399 e. The Morgan fingerprint density at radius 3 is 2.46 bits per heavy atom. The van der Waals surface area contributed by atoms with Gasteiger partial charge in [0.2, 0.25) is 0 Å². The zero-order valence-corrected chi connectivity index (χ0v) is 21.5. The van der Waals surface area contributed by atoms with Crippen molar-refractivity contribution in [1.82, 2.24) is 9.55 Å². The number of nitrogen functional groups attached to an aromatic ring is 1. The molecule has 2 aromatic carbocycles. The van der Waals surface area contributed by atoms with Crippen molar-refractivity contribution >= 4 is 25.4 Å². The molecule has 6 heteroatoms. The van der Waals surface area contributed by atoms with E-state index in [2.05, 4.69) is 40.7 Å². The Morgan fingerprint density at radius 2 is 1.86 bits per heavy atom. The summed E-state index contributed by atoms with van der Waals surface area (Å²) in [6, 6.07) is 23.0. The summed E-state index contributed by atoms with van der Waals surface area (Å²) in [5.41, 5.74) is 12.5. The number of fused-ring (bicyclic) bond motifs is 1. The van der Waals surface area contributed by atoms with Crippen molar-refractivity contribution in [2.24, 2.45) is 0 Å². The topological polar surface area (TPSA) is 76.9 Å². The zero-order chi connectivity index (χ0) is 24.6. The molecule has 2 aromatic heterocycles.